The molecule has 0 spiro atoms. The molecule has 0 saturated carbocycles. The molecule has 1 atom stereocenters. The fourth-order valence-corrected chi connectivity index (χ4v) is 3.19. The van der Waals surface area contributed by atoms with Crippen LogP contribution in [0.3, 0.4) is 0 Å². The van der Waals surface area contributed by atoms with Gasteiger partial charge in [-0.3, -0.25) is 4.99 Å². The van der Waals surface area contributed by atoms with Gasteiger partial charge < -0.3 is 15.4 Å². The van der Waals surface area contributed by atoms with Crippen LogP contribution in [0.4, 0.5) is 21.8 Å². The maximum absolute atomic E-state index is 13.3. The Hall–Kier alpha value is -2.25. The van der Waals surface area contributed by atoms with Crippen molar-refractivity contribution in [1.82, 2.24) is 9.97 Å². The molecule has 124 valence electrons. The van der Waals surface area contributed by atoms with Gasteiger partial charge in [-0.1, -0.05) is 17.7 Å². The summed E-state index contributed by atoms with van der Waals surface area (Å²) in [4.78, 5) is 14.7. The molecular formula is C16H15ClFN5O. The molecule has 3 heterocycles. The van der Waals surface area contributed by atoms with E-state index in [1.807, 2.05) is 4.90 Å². The predicted molar refractivity (Wildman–Crippen MR) is 90.6 cm³/mol. The van der Waals surface area contributed by atoms with Gasteiger partial charge in [-0.25, -0.2) is 9.37 Å². The van der Waals surface area contributed by atoms with Gasteiger partial charge >= 0.3 is 0 Å². The van der Waals surface area contributed by atoms with Gasteiger partial charge in [-0.05, 0) is 17.7 Å². The van der Waals surface area contributed by atoms with E-state index in [9.17, 15) is 4.39 Å². The minimum absolute atomic E-state index is 0.140. The monoisotopic (exact) mass is 347 g/mol. The summed E-state index contributed by atoms with van der Waals surface area (Å²) in [5.41, 5.74) is 8.26. The topological polar surface area (TPSA) is 76.6 Å². The smallest absolute Gasteiger partial charge is 0.223 e. The molecule has 6 nitrogen and oxygen atoms in total. The standard InChI is InChI=1S/C16H15ClFN5O/c17-14-7-15(22-16(19)21-14)23-3-4-24-13(8-23)12-5-9-1-2-10(18)6-11(9)20-12/h1-2,6-7,13H,3-5,8H2,(H2,19,21,22). The molecule has 0 radical (unpaired) electrons. The zero-order valence-electron chi connectivity index (χ0n) is 12.7. The van der Waals surface area contributed by atoms with E-state index in [2.05, 4.69) is 15.0 Å². The first-order chi connectivity index (χ1) is 11.6. The lowest BCUT2D eigenvalue weighted by Crippen LogP contribution is -2.46. The molecule has 8 heteroatoms. The van der Waals surface area contributed by atoms with Crippen molar-refractivity contribution in [1.29, 1.82) is 0 Å². The number of hydrogen-bond acceptors (Lipinski definition) is 6. The van der Waals surface area contributed by atoms with Crippen molar-refractivity contribution in [2.45, 2.75) is 12.5 Å². The van der Waals surface area contributed by atoms with Gasteiger partial charge in [0, 0.05) is 19.0 Å². The second kappa shape index (κ2) is 5.99. The number of benzene rings is 1. The summed E-state index contributed by atoms with van der Waals surface area (Å²) in [6.45, 7) is 1.80. The van der Waals surface area contributed by atoms with Crippen molar-refractivity contribution in [3.8, 4) is 0 Å². The summed E-state index contributed by atoms with van der Waals surface area (Å²) in [6.07, 6.45) is 0.491. The lowest BCUT2D eigenvalue weighted by Gasteiger charge is -2.33. The van der Waals surface area contributed by atoms with E-state index in [1.54, 1.807) is 12.1 Å². The highest BCUT2D eigenvalue weighted by atomic mass is 35.5. The number of morpholine rings is 1. The van der Waals surface area contributed by atoms with Gasteiger partial charge in [0.25, 0.3) is 0 Å². The van der Waals surface area contributed by atoms with E-state index in [1.165, 1.54) is 12.1 Å². The molecule has 24 heavy (non-hydrogen) atoms. The Bertz CT molecular complexity index is 808. The molecule has 2 aliphatic heterocycles. The van der Waals surface area contributed by atoms with Crippen molar-refractivity contribution in [2.75, 3.05) is 30.3 Å². The molecule has 4 rings (SSSR count). The highest BCUT2D eigenvalue weighted by molar-refractivity contribution is 6.29. The van der Waals surface area contributed by atoms with Gasteiger partial charge in [0.05, 0.1) is 24.6 Å². The van der Waals surface area contributed by atoms with Gasteiger partial charge in [-0.2, -0.15) is 4.98 Å². The molecule has 1 aromatic carbocycles. The molecule has 1 unspecified atom stereocenters. The van der Waals surface area contributed by atoms with Gasteiger partial charge in [0.1, 0.15) is 22.9 Å². The normalized spacial score (nSPS) is 20.0. The van der Waals surface area contributed by atoms with E-state index in [-0.39, 0.29) is 17.9 Å². The minimum Gasteiger partial charge on any atom is -0.369 e. The number of fused-ring (bicyclic) bond motifs is 1. The summed E-state index contributed by atoms with van der Waals surface area (Å²) in [6, 6.07) is 6.36. The summed E-state index contributed by atoms with van der Waals surface area (Å²) >= 11 is 5.96. The van der Waals surface area contributed by atoms with Crippen LogP contribution < -0.4 is 10.6 Å². The fraction of sp³-hybridized carbons (Fsp3) is 0.312. The lowest BCUT2D eigenvalue weighted by molar-refractivity contribution is 0.0829. The predicted octanol–water partition coefficient (Wildman–Crippen LogP) is 2.39. The zero-order valence-corrected chi connectivity index (χ0v) is 13.5. The summed E-state index contributed by atoms with van der Waals surface area (Å²) < 4.78 is 19.2. The van der Waals surface area contributed by atoms with E-state index in [0.717, 1.165) is 11.3 Å². The number of hydrogen-bond donors (Lipinski definition) is 1. The average Bonchev–Trinajstić information content (AvgIpc) is 2.97. The van der Waals surface area contributed by atoms with Gasteiger partial charge in [0.15, 0.2) is 0 Å². The Kier molecular flexibility index (Phi) is 3.82. The van der Waals surface area contributed by atoms with Gasteiger partial charge in [-0.15, -0.1) is 0 Å². The van der Waals surface area contributed by atoms with E-state index >= 15 is 0 Å². The lowest BCUT2D eigenvalue weighted by atomic mass is 10.1. The zero-order chi connectivity index (χ0) is 16.7. The van der Waals surface area contributed by atoms with Crippen molar-refractivity contribution in [3.63, 3.8) is 0 Å². The molecule has 0 bridgehead atoms. The molecule has 1 saturated heterocycles. The number of nitrogen functional groups attached to an aromatic ring is 1. The molecule has 1 aromatic heterocycles. The van der Waals surface area contributed by atoms with Gasteiger partial charge in [0.2, 0.25) is 5.95 Å². The number of halogens is 2. The number of aliphatic imine (C=N–C) groups is 1. The number of nitrogens with zero attached hydrogens (tertiary/aromatic N) is 4. The Labute approximate surface area is 143 Å². The molecule has 2 aromatic rings. The number of nitrogens with two attached hydrogens (primary N) is 1. The Balaban J connectivity index is 1.55. The van der Waals surface area contributed by atoms with Crippen LogP contribution in [-0.2, 0) is 11.2 Å². The molecule has 0 amide bonds. The third kappa shape index (κ3) is 2.92. The van der Waals surface area contributed by atoms with Crippen molar-refractivity contribution in [3.05, 3.63) is 40.8 Å². The van der Waals surface area contributed by atoms with Crippen LogP contribution in [0.15, 0.2) is 29.3 Å². The van der Waals surface area contributed by atoms with Crippen LogP contribution in [0.25, 0.3) is 0 Å². The number of ether oxygens (including phenoxy) is 1. The second-order valence-electron chi connectivity index (χ2n) is 5.77. The van der Waals surface area contributed by atoms with Crippen LogP contribution in [0.5, 0.6) is 0 Å². The molecule has 0 aliphatic carbocycles. The van der Waals surface area contributed by atoms with Crippen LogP contribution in [0.1, 0.15) is 5.56 Å². The highest BCUT2D eigenvalue weighted by Crippen LogP contribution is 2.30. The largest absolute Gasteiger partial charge is 0.369 e. The van der Waals surface area contributed by atoms with Crippen LogP contribution >= 0.6 is 11.6 Å². The third-order valence-corrected chi connectivity index (χ3v) is 4.34. The Morgan fingerprint density at radius 3 is 3.00 bits per heavy atom. The molecule has 2 N–H and O–H groups in total. The van der Waals surface area contributed by atoms with E-state index in [4.69, 9.17) is 22.1 Å². The molecular weight excluding hydrogens is 333 g/mol. The Morgan fingerprint density at radius 2 is 2.17 bits per heavy atom. The van der Waals surface area contributed by atoms with Crippen molar-refractivity contribution < 1.29 is 9.13 Å². The number of rotatable bonds is 2. The maximum Gasteiger partial charge on any atom is 0.223 e. The minimum atomic E-state index is -0.281. The summed E-state index contributed by atoms with van der Waals surface area (Å²) in [7, 11) is 0. The van der Waals surface area contributed by atoms with E-state index < -0.39 is 0 Å². The summed E-state index contributed by atoms with van der Waals surface area (Å²) in [5.74, 6) is 0.528. The van der Waals surface area contributed by atoms with E-state index in [0.29, 0.717) is 42.8 Å². The van der Waals surface area contributed by atoms with Crippen LogP contribution in [0.2, 0.25) is 5.15 Å². The Morgan fingerprint density at radius 1 is 1.29 bits per heavy atom. The second-order valence-corrected chi connectivity index (χ2v) is 6.15. The first-order valence-electron chi connectivity index (χ1n) is 7.61. The molecule has 1 fully saturated rings. The van der Waals surface area contributed by atoms with Crippen LogP contribution in [0, 0.1) is 5.82 Å². The average molecular weight is 348 g/mol. The van der Waals surface area contributed by atoms with Crippen molar-refractivity contribution in [2.24, 2.45) is 4.99 Å². The van der Waals surface area contributed by atoms with Crippen molar-refractivity contribution >= 4 is 34.8 Å². The highest BCUT2D eigenvalue weighted by Gasteiger charge is 2.29. The summed E-state index contributed by atoms with van der Waals surface area (Å²) in [5, 5.41) is 0.307. The SMILES string of the molecule is Nc1nc(Cl)cc(N2CCOC(C3=Nc4cc(F)ccc4C3)C2)n1. The third-order valence-electron chi connectivity index (χ3n) is 4.14. The maximum atomic E-state index is 13.3. The fourth-order valence-electron chi connectivity index (χ4n) is 3.01. The quantitative estimate of drug-likeness (QED) is 0.844. The number of aromatic nitrogens is 2. The first kappa shape index (κ1) is 15.3. The van der Waals surface area contributed by atoms with Crippen LogP contribution in [-0.4, -0.2) is 41.5 Å². The first-order valence-corrected chi connectivity index (χ1v) is 7.99. The number of anilines is 2. The molecule has 2 aliphatic rings.